The maximum absolute atomic E-state index is 14.4. The van der Waals surface area contributed by atoms with Gasteiger partial charge in [-0.1, -0.05) is 73.5 Å². The third-order valence-corrected chi connectivity index (χ3v) is 12.3. The van der Waals surface area contributed by atoms with Crippen LogP contribution in [0.25, 0.3) is 10.9 Å². The number of nitrogens with one attached hydrogen (secondary N) is 7. The van der Waals surface area contributed by atoms with Crippen LogP contribution in [0.4, 0.5) is 0 Å². The number of fused-ring (bicyclic) bond motifs is 1. The second-order valence-corrected chi connectivity index (χ2v) is 17.8. The molecule has 1 aliphatic carbocycles. The molecule has 0 bridgehead atoms. The summed E-state index contributed by atoms with van der Waals surface area (Å²) in [6, 6.07) is 15.8. The molecule has 11 N–H and O–H groups in total. The van der Waals surface area contributed by atoms with E-state index < -0.39 is 90.0 Å². The predicted molar refractivity (Wildman–Crippen MR) is 252 cm³/mol. The van der Waals surface area contributed by atoms with E-state index in [1.54, 1.807) is 54.9 Å². The lowest BCUT2D eigenvalue weighted by atomic mass is 9.82. The second kappa shape index (κ2) is 25.1. The summed E-state index contributed by atoms with van der Waals surface area (Å²) in [5.74, 6) is -5.99. The number of carbonyl (C=O) groups excluding carboxylic acids is 7. The van der Waals surface area contributed by atoms with Gasteiger partial charge in [-0.05, 0) is 72.1 Å². The third-order valence-electron chi connectivity index (χ3n) is 11.7. The number of amides is 7. The monoisotopic (exact) mass is 940 g/mol. The smallest absolute Gasteiger partial charge is 0.305 e. The number of aromatic nitrogens is 1. The number of carboxylic acid groups (broad SMARTS) is 1. The number of para-hydroxylation sites is 1. The molecule has 18 nitrogen and oxygen atoms in total. The summed E-state index contributed by atoms with van der Waals surface area (Å²) in [5, 5.41) is 36.6. The fourth-order valence-electron chi connectivity index (χ4n) is 8.25. The van der Waals surface area contributed by atoms with Crippen LogP contribution in [-0.2, 0) is 57.6 Å². The van der Waals surface area contributed by atoms with Gasteiger partial charge in [0, 0.05) is 55.7 Å². The lowest BCUT2D eigenvalue weighted by Gasteiger charge is -2.33. The van der Waals surface area contributed by atoms with Gasteiger partial charge in [-0.15, -0.1) is 0 Å². The van der Waals surface area contributed by atoms with E-state index in [0.717, 1.165) is 29.3 Å². The Morgan fingerprint density at radius 1 is 0.701 bits per heavy atom. The van der Waals surface area contributed by atoms with Gasteiger partial charge >= 0.3 is 5.97 Å². The fourth-order valence-corrected chi connectivity index (χ4v) is 8.72. The molecule has 3 aromatic carbocycles. The Hall–Kier alpha value is -6.89. The number of carboxylic acids is 1. The molecule has 67 heavy (non-hydrogen) atoms. The van der Waals surface area contributed by atoms with Gasteiger partial charge in [-0.3, -0.25) is 38.4 Å². The van der Waals surface area contributed by atoms with E-state index in [4.69, 9.17) is 5.73 Å². The molecule has 0 aliphatic heterocycles. The Bertz CT molecular complexity index is 2360. The number of hydrogen-bond donors (Lipinski definition) is 10. The van der Waals surface area contributed by atoms with E-state index in [2.05, 4.69) is 36.9 Å². The maximum atomic E-state index is 14.4. The summed E-state index contributed by atoms with van der Waals surface area (Å²) in [6.07, 6.45) is 5.69. The zero-order valence-electron chi connectivity index (χ0n) is 37.5. The molecule has 1 aromatic heterocycles. The second-order valence-electron chi connectivity index (χ2n) is 16.8. The summed E-state index contributed by atoms with van der Waals surface area (Å²) >= 11 is 1.39. The van der Waals surface area contributed by atoms with Gasteiger partial charge in [-0.25, -0.2) is 0 Å². The molecular weight excluding hydrogens is 881 g/mol. The summed E-state index contributed by atoms with van der Waals surface area (Å²) in [7, 11) is 0. The number of carbonyl (C=O) groups is 8. The standard InChI is InChI=1S/C48H60N8O10S/c1-28(57)51-39(23-30-16-18-33(58)19-17-30)46(64)53-35-14-8-6-12-31(35)25-42(59)52-40(24-32-27-50-36-15-9-7-13-34(32)36)47(65)54-37(20-21-67-2)45(63)56-41(26-43(60)61)48(66)55-38(44(49)62)22-29-10-4-3-5-11-29/h3-5,7,9-11,13,15-19,27,31,35,37-41,50,58H,6,8,12,14,20-26H2,1-2H3,(H2,49,62)(H,51,57)(H,52,59)(H,53,64)(H,54,65)(H,55,66)(H,56,63)(H,60,61)/t31-,35-,37-,38-,39-,40-,41-/m0/s1. The van der Waals surface area contributed by atoms with Crippen molar-refractivity contribution >= 4 is 70.0 Å². The fraction of sp³-hybridized carbons (Fsp3) is 0.417. The van der Waals surface area contributed by atoms with Crippen LogP contribution in [-0.4, -0.2) is 111 Å². The number of aliphatic carboxylic acids is 1. The lowest BCUT2D eigenvalue weighted by molar-refractivity contribution is -0.141. The molecule has 1 fully saturated rings. The highest BCUT2D eigenvalue weighted by Gasteiger charge is 2.35. The number of nitrogens with two attached hydrogens (primary N) is 1. The molecular formula is C48H60N8O10S. The van der Waals surface area contributed by atoms with Gasteiger partial charge in [0.2, 0.25) is 41.4 Å². The molecule has 1 aliphatic rings. The number of rotatable bonds is 24. The van der Waals surface area contributed by atoms with Crippen molar-refractivity contribution in [1.29, 1.82) is 0 Å². The molecule has 5 rings (SSSR count). The topological polar surface area (TPSA) is 291 Å². The van der Waals surface area contributed by atoms with Crippen LogP contribution in [0.3, 0.4) is 0 Å². The van der Waals surface area contributed by atoms with Gasteiger partial charge in [0.1, 0.15) is 36.0 Å². The van der Waals surface area contributed by atoms with E-state index in [1.165, 1.54) is 30.8 Å². The minimum atomic E-state index is -1.65. The summed E-state index contributed by atoms with van der Waals surface area (Å²) in [5.41, 5.74) is 8.50. The van der Waals surface area contributed by atoms with Crippen LogP contribution < -0.4 is 37.6 Å². The Morgan fingerprint density at radius 2 is 1.30 bits per heavy atom. The SMILES string of the molecule is CSCC[C@H](NC(=O)[C@H](Cc1c[nH]c2ccccc12)NC(=O)C[C@@H]1CCCC[C@@H]1NC(=O)[C@H](Cc1ccc(O)cc1)NC(C)=O)C(=O)N[C@@H](CC(=O)O)C(=O)N[C@@H](Cc1ccccc1)C(N)=O. The van der Waals surface area contributed by atoms with Crippen LogP contribution in [0.5, 0.6) is 5.75 Å². The van der Waals surface area contributed by atoms with Crippen molar-refractivity contribution in [1.82, 2.24) is 36.9 Å². The van der Waals surface area contributed by atoms with Gasteiger partial charge in [0.25, 0.3) is 0 Å². The number of phenolic OH excluding ortho intramolecular Hbond substituents is 1. The Balaban J connectivity index is 1.32. The number of benzene rings is 3. The van der Waals surface area contributed by atoms with Gasteiger partial charge in [0.05, 0.1) is 6.42 Å². The number of aromatic hydroxyl groups is 1. The third kappa shape index (κ3) is 15.9. The van der Waals surface area contributed by atoms with Crippen LogP contribution in [0.2, 0.25) is 0 Å². The van der Waals surface area contributed by atoms with E-state index in [0.29, 0.717) is 29.7 Å². The molecule has 0 spiro atoms. The Kier molecular flexibility index (Phi) is 19.2. The molecule has 4 aromatic rings. The van der Waals surface area contributed by atoms with Crippen molar-refractivity contribution in [3.05, 3.63) is 102 Å². The van der Waals surface area contributed by atoms with Gasteiger partial charge in [-0.2, -0.15) is 11.8 Å². The molecule has 0 radical (unpaired) electrons. The Morgan fingerprint density at radius 3 is 1.99 bits per heavy atom. The molecule has 358 valence electrons. The van der Waals surface area contributed by atoms with Crippen LogP contribution >= 0.6 is 11.8 Å². The van der Waals surface area contributed by atoms with Crippen molar-refractivity contribution in [3.63, 3.8) is 0 Å². The number of H-pyrrole nitrogens is 1. The number of phenols is 1. The molecule has 0 saturated heterocycles. The Labute approximate surface area is 392 Å². The minimum absolute atomic E-state index is 0.0128. The number of primary amides is 1. The van der Waals surface area contributed by atoms with Crippen molar-refractivity contribution in [2.45, 2.75) is 107 Å². The van der Waals surface area contributed by atoms with E-state index in [9.17, 15) is 48.6 Å². The van der Waals surface area contributed by atoms with Crippen LogP contribution in [0.15, 0.2) is 85.1 Å². The van der Waals surface area contributed by atoms with Crippen molar-refractivity contribution in [2.24, 2.45) is 11.7 Å². The van der Waals surface area contributed by atoms with Crippen molar-refractivity contribution < 1.29 is 48.6 Å². The molecule has 19 heteroatoms. The first-order chi connectivity index (χ1) is 32.1. The number of hydrogen-bond acceptors (Lipinski definition) is 10. The summed E-state index contributed by atoms with van der Waals surface area (Å²) < 4.78 is 0. The highest BCUT2D eigenvalue weighted by atomic mass is 32.2. The van der Waals surface area contributed by atoms with E-state index in [-0.39, 0.29) is 43.8 Å². The first-order valence-corrected chi connectivity index (χ1v) is 23.6. The highest BCUT2D eigenvalue weighted by molar-refractivity contribution is 7.98. The van der Waals surface area contributed by atoms with Crippen LogP contribution in [0.1, 0.15) is 68.6 Å². The van der Waals surface area contributed by atoms with E-state index >= 15 is 0 Å². The predicted octanol–water partition coefficient (Wildman–Crippen LogP) is 2.12. The molecule has 1 heterocycles. The van der Waals surface area contributed by atoms with Gasteiger partial charge < -0.3 is 52.8 Å². The summed E-state index contributed by atoms with van der Waals surface area (Å²) in [6.45, 7) is 1.32. The molecule has 7 atom stereocenters. The van der Waals surface area contributed by atoms with Gasteiger partial charge in [0.15, 0.2) is 0 Å². The minimum Gasteiger partial charge on any atom is -0.508 e. The highest BCUT2D eigenvalue weighted by Crippen LogP contribution is 2.28. The average molecular weight is 941 g/mol. The molecule has 1 saturated carbocycles. The zero-order valence-corrected chi connectivity index (χ0v) is 38.4. The maximum Gasteiger partial charge on any atom is 0.305 e. The average Bonchev–Trinajstić information content (AvgIpc) is 3.70. The van der Waals surface area contributed by atoms with Crippen LogP contribution in [0, 0.1) is 5.92 Å². The van der Waals surface area contributed by atoms with Crippen molar-refractivity contribution in [3.8, 4) is 5.75 Å². The zero-order chi connectivity index (χ0) is 48.5. The normalized spacial score (nSPS) is 16.8. The first-order valence-electron chi connectivity index (χ1n) is 22.2. The number of aromatic amines is 1. The lowest BCUT2D eigenvalue weighted by Crippen LogP contribution is -2.59. The van der Waals surface area contributed by atoms with Crippen molar-refractivity contribution in [2.75, 3.05) is 12.0 Å². The molecule has 7 amide bonds. The van der Waals surface area contributed by atoms with E-state index in [1.807, 2.05) is 24.3 Å². The quantitative estimate of drug-likeness (QED) is 0.0486. The number of thioether (sulfide) groups is 1. The largest absolute Gasteiger partial charge is 0.508 e. The first kappa shape index (κ1) is 51.1. The summed E-state index contributed by atoms with van der Waals surface area (Å²) in [4.78, 5) is 109. The molecule has 0 unspecified atom stereocenters.